The summed E-state index contributed by atoms with van der Waals surface area (Å²) < 4.78 is 12.3. The molecule has 1 atom stereocenters. The fourth-order valence-electron chi connectivity index (χ4n) is 4.20. The molecule has 3 aromatic rings. The second kappa shape index (κ2) is 10.3. The fraction of sp³-hybridized carbons (Fsp3) is 0.423. The number of fused-ring (bicyclic) bond motifs is 1. The average Bonchev–Trinajstić information content (AvgIpc) is 2.80. The highest BCUT2D eigenvalue weighted by molar-refractivity contribution is 6.30. The lowest BCUT2D eigenvalue weighted by molar-refractivity contribution is 0.297. The van der Waals surface area contributed by atoms with Crippen LogP contribution in [0.25, 0.3) is 22.3 Å². The molecule has 1 unspecified atom stereocenters. The first-order valence-electron chi connectivity index (χ1n) is 11.4. The molecule has 0 aliphatic carbocycles. The summed E-state index contributed by atoms with van der Waals surface area (Å²) in [5.74, 6) is 0.721. The van der Waals surface area contributed by atoms with Gasteiger partial charge in [-0.3, -0.25) is 4.79 Å². The molecule has 0 radical (unpaired) electrons. The van der Waals surface area contributed by atoms with Gasteiger partial charge in [0.15, 0.2) is 5.76 Å². The second-order valence-electron chi connectivity index (χ2n) is 8.27. The molecule has 31 heavy (non-hydrogen) atoms. The van der Waals surface area contributed by atoms with Crippen molar-refractivity contribution in [2.75, 3.05) is 13.2 Å². The van der Waals surface area contributed by atoms with Crippen LogP contribution in [0.2, 0.25) is 5.02 Å². The van der Waals surface area contributed by atoms with E-state index in [-0.39, 0.29) is 17.2 Å². The Labute approximate surface area is 188 Å². The van der Waals surface area contributed by atoms with Crippen molar-refractivity contribution in [2.24, 2.45) is 0 Å². The summed E-state index contributed by atoms with van der Waals surface area (Å²) >= 11 is 6.21. The van der Waals surface area contributed by atoms with Crippen molar-refractivity contribution < 1.29 is 9.15 Å². The monoisotopic (exact) mass is 439 g/mol. The highest BCUT2D eigenvalue weighted by Gasteiger charge is 2.20. The summed E-state index contributed by atoms with van der Waals surface area (Å²) in [5, 5.41) is 4.71. The van der Waals surface area contributed by atoms with Gasteiger partial charge in [-0.05, 0) is 55.6 Å². The molecule has 0 amide bonds. The van der Waals surface area contributed by atoms with Crippen molar-refractivity contribution in [3.05, 3.63) is 63.3 Å². The standard InChI is InChI=1S/C26H30ClNO3/c1-2-3-4-7-15-30-26-24(29)21-17-18(22-11-5-6-14-28-22)12-13-23(21)31-25(26)19-9-8-10-20(27)16-19/h8-10,12-13,16-17,22,28H,2-7,11,14-15H2,1H3. The molecule has 1 aromatic heterocycles. The lowest BCUT2D eigenvalue weighted by Crippen LogP contribution is -2.26. The fourth-order valence-corrected chi connectivity index (χ4v) is 4.39. The van der Waals surface area contributed by atoms with E-state index >= 15 is 0 Å². The van der Waals surface area contributed by atoms with Crippen LogP contribution in [0.4, 0.5) is 0 Å². The Hall–Kier alpha value is -2.30. The van der Waals surface area contributed by atoms with Crippen LogP contribution in [0, 0.1) is 0 Å². The van der Waals surface area contributed by atoms with E-state index in [1.54, 1.807) is 12.1 Å². The lowest BCUT2D eigenvalue weighted by Gasteiger charge is -2.24. The molecular weight excluding hydrogens is 410 g/mol. The zero-order valence-electron chi connectivity index (χ0n) is 18.1. The van der Waals surface area contributed by atoms with Gasteiger partial charge in [0.05, 0.1) is 12.0 Å². The minimum Gasteiger partial charge on any atom is -0.486 e. The van der Waals surface area contributed by atoms with Gasteiger partial charge < -0.3 is 14.5 Å². The maximum atomic E-state index is 13.5. The third kappa shape index (κ3) is 5.13. The number of unbranched alkanes of at least 4 members (excludes halogenated alkanes) is 3. The number of nitrogens with one attached hydrogen (secondary N) is 1. The van der Waals surface area contributed by atoms with Crippen LogP contribution in [0.1, 0.15) is 63.5 Å². The van der Waals surface area contributed by atoms with E-state index in [1.165, 1.54) is 12.8 Å². The molecule has 2 aromatic carbocycles. The number of rotatable bonds is 8. The van der Waals surface area contributed by atoms with Crippen molar-refractivity contribution in [3.63, 3.8) is 0 Å². The maximum absolute atomic E-state index is 13.5. The molecule has 0 saturated carbocycles. The van der Waals surface area contributed by atoms with Gasteiger partial charge in [0.1, 0.15) is 5.58 Å². The molecule has 164 valence electrons. The average molecular weight is 440 g/mol. The molecule has 0 bridgehead atoms. The molecule has 0 spiro atoms. The highest BCUT2D eigenvalue weighted by Crippen LogP contribution is 2.34. The van der Waals surface area contributed by atoms with E-state index in [9.17, 15) is 4.79 Å². The third-order valence-corrected chi connectivity index (χ3v) is 6.15. The van der Waals surface area contributed by atoms with Crippen molar-refractivity contribution in [3.8, 4) is 17.1 Å². The van der Waals surface area contributed by atoms with E-state index in [1.807, 2.05) is 24.3 Å². The summed E-state index contributed by atoms with van der Waals surface area (Å²) in [6.45, 7) is 3.68. The zero-order valence-corrected chi connectivity index (χ0v) is 18.8. The van der Waals surface area contributed by atoms with Crippen molar-refractivity contribution in [2.45, 2.75) is 57.9 Å². The molecule has 4 nitrogen and oxygen atoms in total. The molecule has 2 heterocycles. The molecule has 1 saturated heterocycles. The Morgan fingerprint density at radius 2 is 2.03 bits per heavy atom. The van der Waals surface area contributed by atoms with Gasteiger partial charge in [-0.25, -0.2) is 0 Å². The molecular formula is C26H30ClNO3. The number of halogens is 1. The minimum atomic E-state index is -0.121. The van der Waals surface area contributed by atoms with E-state index in [2.05, 4.69) is 18.3 Å². The first-order valence-corrected chi connectivity index (χ1v) is 11.8. The van der Waals surface area contributed by atoms with Gasteiger partial charge >= 0.3 is 0 Å². The molecule has 1 N–H and O–H groups in total. The van der Waals surface area contributed by atoms with Gasteiger partial charge in [0.25, 0.3) is 0 Å². The van der Waals surface area contributed by atoms with Gasteiger partial charge in [-0.2, -0.15) is 0 Å². The second-order valence-corrected chi connectivity index (χ2v) is 8.70. The first-order chi connectivity index (χ1) is 15.2. The van der Waals surface area contributed by atoms with Gasteiger partial charge in [0.2, 0.25) is 11.2 Å². The Kier molecular flexibility index (Phi) is 7.31. The quantitative estimate of drug-likeness (QED) is 0.388. The van der Waals surface area contributed by atoms with Crippen molar-refractivity contribution >= 4 is 22.6 Å². The van der Waals surface area contributed by atoms with Gasteiger partial charge in [-0.15, -0.1) is 0 Å². The van der Waals surface area contributed by atoms with E-state index < -0.39 is 0 Å². The van der Waals surface area contributed by atoms with Crippen molar-refractivity contribution in [1.29, 1.82) is 0 Å². The smallest absolute Gasteiger partial charge is 0.235 e. The Morgan fingerprint density at radius 1 is 1.13 bits per heavy atom. The number of benzene rings is 2. The summed E-state index contributed by atoms with van der Waals surface area (Å²) in [7, 11) is 0. The van der Waals surface area contributed by atoms with Crippen molar-refractivity contribution in [1.82, 2.24) is 5.32 Å². The summed E-state index contributed by atoms with van der Waals surface area (Å²) in [6.07, 6.45) is 7.79. The molecule has 4 rings (SSSR count). The number of hydrogen-bond acceptors (Lipinski definition) is 4. The molecule has 1 aliphatic rings. The van der Waals surface area contributed by atoms with Crippen LogP contribution in [0.3, 0.4) is 0 Å². The maximum Gasteiger partial charge on any atom is 0.235 e. The molecule has 1 aliphatic heterocycles. The topological polar surface area (TPSA) is 51.5 Å². The number of piperidine rings is 1. The number of ether oxygens (including phenoxy) is 1. The van der Waals surface area contributed by atoms with Crippen LogP contribution in [0.5, 0.6) is 5.75 Å². The summed E-state index contributed by atoms with van der Waals surface area (Å²) in [6, 6.07) is 13.6. The Morgan fingerprint density at radius 3 is 2.81 bits per heavy atom. The van der Waals surface area contributed by atoms with Crippen LogP contribution >= 0.6 is 11.6 Å². The van der Waals surface area contributed by atoms with Crippen LogP contribution in [-0.4, -0.2) is 13.2 Å². The van der Waals surface area contributed by atoms with E-state index in [0.717, 1.165) is 49.8 Å². The van der Waals surface area contributed by atoms with E-state index in [4.69, 9.17) is 20.8 Å². The molecule has 1 fully saturated rings. The molecule has 5 heteroatoms. The minimum absolute atomic E-state index is 0.121. The predicted octanol–water partition coefficient (Wildman–Crippen LogP) is 6.89. The predicted molar refractivity (Wildman–Crippen MR) is 127 cm³/mol. The van der Waals surface area contributed by atoms with Gasteiger partial charge in [-0.1, -0.05) is 62.4 Å². The lowest BCUT2D eigenvalue weighted by atomic mass is 9.96. The summed E-state index contributed by atoms with van der Waals surface area (Å²) in [5.41, 5.74) is 2.32. The normalized spacial score (nSPS) is 16.5. The number of hydrogen-bond donors (Lipinski definition) is 1. The van der Waals surface area contributed by atoms with Crippen LogP contribution < -0.4 is 15.5 Å². The van der Waals surface area contributed by atoms with Gasteiger partial charge in [0, 0.05) is 16.6 Å². The zero-order chi connectivity index (χ0) is 21.6. The summed E-state index contributed by atoms with van der Waals surface area (Å²) in [4.78, 5) is 13.5. The van der Waals surface area contributed by atoms with Crippen LogP contribution in [0.15, 0.2) is 51.7 Å². The first kappa shape index (κ1) is 21.9. The Balaban J connectivity index is 1.75. The largest absolute Gasteiger partial charge is 0.486 e. The Bertz CT molecular complexity index is 1090. The highest BCUT2D eigenvalue weighted by atomic mass is 35.5. The van der Waals surface area contributed by atoms with Crippen LogP contribution in [-0.2, 0) is 0 Å². The third-order valence-electron chi connectivity index (χ3n) is 5.92. The van der Waals surface area contributed by atoms with E-state index in [0.29, 0.717) is 28.4 Å². The SMILES string of the molecule is CCCCCCOc1c(-c2cccc(Cl)c2)oc2ccc(C3CCCCN3)cc2c1=O.